The monoisotopic (exact) mass is 595 g/mol. The molecular weight excluding hydrogens is 550 g/mol. The number of likely N-dealkylation sites (tertiary alicyclic amines) is 1. The van der Waals surface area contributed by atoms with Crippen molar-refractivity contribution in [2.45, 2.75) is 57.9 Å². The highest BCUT2D eigenvalue weighted by atomic mass is 16.5. The highest BCUT2D eigenvalue weighted by Crippen LogP contribution is 2.48. The lowest BCUT2D eigenvalue weighted by molar-refractivity contribution is -0.124. The van der Waals surface area contributed by atoms with Gasteiger partial charge in [0.1, 0.15) is 0 Å². The van der Waals surface area contributed by atoms with Crippen molar-refractivity contribution >= 4 is 11.8 Å². The molecule has 2 atom stereocenters. The first kappa shape index (κ1) is 30.2. The largest absolute Gasteiger partial charge is 0.490 e. The molecule has 3 aromatic rings. The Kier molecular flexibility index (Phi) is 9.51. The molecule has 0 bridgehead atoms. The van der Waals surface area contributed by atoms with Crippen LogP contribution >= 0.6 is 0 Å². The summed E-state index contributed by atoms with van der Waals surface area (Å²) >= 11 is 0. The predicted molar refractivity (Wildman–Crippen MR) is 172 cm³/mol. The number of hydrogen-bond donors (Lipinski definition) is 1. The van der Waals surface area contributed by atoms with Gasteiger partial charge < -0.3 is 24.6 Å². The van der Waals surface area contributed by atoms with Gasteiger partial charge in [-0.1, -0.05) is 48.5 Å². The van der Waals surface area contributed by atoms with E-state index in [1.165, 1.54) is 18.4 Å². The Morgan fingerprint density at radius 3 is 2.34 bits per heavy atom. The minimum absolute atomic E-state index is 0.0113. The molecule has 0 aromatic heterocycles. The zero-order chi connectivity index (χ0) is 30.5. The number of rotatable bonds is 11. The van der Waals surface area contributed by atoms with E-state index in [0.717, 1.165) is 55.1 Å². The van der Waals surface area contributed by atoms with Crippen molar-refractivity contribution in [3.63, 3.8) is 0 Å². The van der Waals surface area contributed by atoms with Crippen LogP contribution < -0.4 is 14.8 Å². The molecule has 3 aliphatic heterocycles. The maximum absolute atomic E-state index is 14.1. The molecule has 3 aliphatic rings. The second-order valence-electron chi connectivity index (χ2n) is 12.2. The van der Waals surface area contributed by atoms with Gasteiger partial charge in [-0.3, -0.25) is 9.59 Å². The Morgan fingerprint density at radius 1 is 0.886 bits per heavy atom. The van der Waals surface area contributed by atoms with E-state index in [2.05, 4.69) is 40.5 Å². The van der Waals surface area contributed by atoms with Crippen molar-refractivity contribution in [2.24, 2.45) is 5.92 Å². The van der Waals surface area contributed by atoms with Gasteiger partial charge in [0.25, 0.3) is 5.91 Å². The molecule has 0 saturated carbocycles. The quantitative estimate of drug-likeness (QED) is 0.285. The molecular formula is C37H45N3O4. The number of piperidine rings is 1. The van der Waals surface area contributed by atoms with E-state index >= 15 is 0 Å². The summed E-state index contributed by atoms with van der Waals surface area (Å²) in [5.41, 5.74) is 4.95. The van der Waals surface area contributed by atoms with E-state index in [1.54, 1.807) is 0 Å². The van der Waals surface area contributed by atoms with Crippen LogP contribution in [0.25, 0.3) is 0 Å². The Bertz CT molecular complexity index is 1450. The zero-order valence-corrected chi connectivity index (χ0v) is 26.1. The Hall–Kier alpha value is -3.84. The third-order valence-corrected chi connectivity index (χ3v) is 9.49. The van der Waals surface area contributed by atoms with Gasteiger partial charge >= 0.3 is 0 Å². The zero-order valence-electron chi connectivity index (χ0n) is 26.1. The summed E-state index contributed by atoms with van der Waals surface area (Å²) in [6.07, 6.45) is 5.22. The van der Waals surface area contributed by atoms with Gasteiger partial charge in [0.15, 0.2) is 11.5 Å². The molecule has 2 amide bonds. The van der Waals surface area contributed by atoms with Gasteiger partial charge in [0.2, 0.25) is 5.91 Å². The third kappa shape index (κ3) is 6.34. The number of nitrogens with one attached hydrogen (secondary N) is 1. The lowest BCUT2D eigenvalue weighted by Crippen LogP contribution is -2.50. The number of nitrogens with zero attached hydrogens (tertiary/aromatic N) is 2. The molecule has 6 rings (SSSR count). The average molecular weight is 596 g/mol. The molecule has 0 spiro atoms. The van der Waals surface area contributed by atoms with Crippen LogP contribution in [0.1, 0.15) is 77.7 Å². The SMILES string of the molecule is CCOc1cc2c(cc1OCC)[C@@H]1[C@H](C(=O)NCCCN3CCC(Cc4ccccc4)CC3)c3ccccc3C(=O)N1CC2. The number of carbonyl (C=O) groups is 2. The van der Waals surface area contributed by atoms with Crippen molar-refractivity contribution in [3.8, 4) is 11.5 Å². The first-order valence-corrected chi connectivity index (χ1v) is 16.4. The van der Waals surface area contributed by atoms with E-state index in [1.807, 2.05) is 55.1 Å². The summed E-state index contributed by atoms with van der Waals surface area (Å²) in [5.74, 6) is 1.59. The van der Waals surface area contributed by atoms with E-state index in [-0.39, 0.29) is 17.9 Å². The highest BCUT2D eigenvalue weighted by molar-refractivity contribution is 6.01. The van der Waals surface area contributed by atoms with Crippen LogP contribution in [0.4, 0.5) is 0 Å². The number of ether oxygens (including phenoxy) is 2. The number of hydrogen-bond acceptors (Lipinski definition) is 5. The molecule has 1 fully saturated rings. The molecule has 3 heterocycles. The molecule has 3 aromatic carbocycles. The molecule has 7 nitrogen and oxygen atoms in total. The summed E-state index contributed by atoms with van der Waals surface area (Å²) in [6.45, 7) is 9.34. The van der Waals surface area contributed by atoms with Crippen molar-refractivity contribution in [1.29, 1.82) is 0 Å². The van der Waals surface area contributed by atoms with Crippen LogP contribution in [0, 0.1) is 5.92 Å². The van der Waals surface area contributed by atoms with Gasteiger partial charge in [0.05, 0.1) is 25.2 Å². The van der Waals surface area contributed by atoms with E-state index < -0.39 is 5.92 Å². The number of benzene rings is 3. The van der Waals surface area contributed by atoms with Gasteiger partial charge in [-0.2, -0.15) is 0 Å². The topological polar surface area (TPSA) is 71.1 Å². The highest BCUT2D eigenvalue weighted by Gasteiger charge is 2.46. The normalized spacial score (nSPS) is 20.0. The maximum atomic E-state index is 14.1. The molecule has 0 aliphatic carbocycles. The summed E-state index contributed by atoms with van der Waals surface area (Å²) in [6, 6.07) is 22.1. The van der Waals surface area contributed by atoms with Crippen molar-refractivity contribution in [3.05, 3.63) is 94.5 Å². The number of amides is 2. The van der Waals surface area contributed by atoms with Crippen LogP contribution in [-0.4, -0.2) is 67.6 Å². The van der Waals surface area contributed by atoms with Gasteiger partial charge in [-0.05, 0) is 112 Å². The molecule has 1 saturated heterocycles. The van der Waals surface area contributed by atoms with E-state index in [0.29, 0.717) is 49.8 Å². The predicted octanol–water partition coefficient (Wildman–Crippen LogP) is 5.78. The summed E-state index contributed by atoms with van der Waals surface area (Å²) in [7, 11) is 0. The molecule has 7 heteroatoms. The molecule has 1 N–H and O–H groups in total. The van der Waals surface area contributed by atoms with Gasteiger partial charge in [-0.25, -0.2) is 0 Å². The van der Waals surface area contributed by atoms with E-state index in [9.17, 15) is 9.59 Å². The minimum atomic E-state index is -0.496. The average Bonchev–Trinajstić information content (AvgIpc) is 3.05. The smallest absolute Gasteiger partial charge is 0.254 e. The van der Waals surface area contributed by atoms with Crippen LogP contribution in [0.5, 0.6) is 11.5 Å². The number of carbonyl (C=O) groups excluding carboxylic acids is 2. The Labute approximate surface area is 261 Å². The van der Waals surface area contributed by atoms with Crippen LogP contribution in [-0.2, 0) is 17.6 Å². The van der Waals surface area contributed by atoms with Crippen molar-refractivity contribution in [2.75, 3.05) is 45.9 Å². The lowest BCUT2D eigenvalue weighted by Gasteiger charge is -2.45. The van der Waals surface area contributed by atoms with Crippen molar-refractivity contribution in [1.82, 2.24) is 15.1 Å². The summed E-state index contributed by atoms with van der Waals surface area (Å²) in [5, 5.41) is 3.26. The summed E-state index contributed by atoms with van der Waals surface area (Å²) in [4.78, 5) is 32.2. The summed E-state index contributed by atoms with van der Waals surface area (Å²) < 4.78 is 11.9. The van der Waals surface area contributed by atoms with Crippen LogP contribution in [0.2, 0.25) is 0 Å². The molecule has 44 heavy (non-hydrogen) atoms. The fraction of sp³-hybridized carbons (Fsp3) is 0.459. The lowest BCUT2D eigenvalue weighted by atomic mass is 9.75. The first-order valence-electron chi connectivity index (χ1n) is 16.4. The fourth-order valence-electron chi connectivity index (χ4n) is 7.34. The van der Waals surface area contributed by atoms with Gasteiger partial charge in [0, 0.05) is 18.7 Å². The molecule has 232 valence electrons. The minimum Gasteiger partial charge on any atom is -0.490 e. The second-order valence-corrected chi connectivity index (χ2v) is 12.2. The Morgan fingerprint density at radius 2 is 1.59 bits per heavy atom. The van der Waals surface area contributed by atoms with Crippen LogP contribution in [0.3, 0.4) is 0 Å². The van der Waals surface area contributed by atoms with E-state index in [4.69, 9.17) is 9.47 Å². The molecule has 0 radical (unpaired) electrons. The number of fused-ring (bicyclic) bond motifs is 4. The Balaban J connectivity index is 1.13. The third-order valence-electron chi connectivity index (χ3n) is 9.49. The second kappa shape index (κ2) is 13.9. The molecule has 0 unspecified atom stereocenters. The first-order chi connectivity index (χ1) is 21.6. The maximum Gasteiger partial charge on any atom is 0.254 e. The van der Waals surface area contributed by atoms with Crippen molar-refractivity contribution < 1.29 is 19.1 Å². The van der Waals surface area contributed by atoms with Crippen LogP contribution in [0.15, 0.2) is 66.7 Å². The standard InChI is InChI=1S/C37H45N3O4/c1-3-43-32-24-28-17-22-40-35(31(28)25-33(32)44-4-2)34(29-13-8-9-14-30(29)37(40)42)36(41)38-18-10-19-39-20-15-27(16-21-39)23-26-11-6-5-7-12-26/h5-9,11-14,24-25,27,34-35H,3-4,10,15-23H2,1-2H3,(H,38,41)/t34-,35-/m1/s1. The fourth-order valence-corrected chi connectivity index (χ4v) is 7.34. The van der Waals surface area contributed by atoms with Gasteiger partial charge in [-0.15, -0.1) is 0 Å².